The third kappa shape index (κ3) is 7.13. The Balaban J connectivity index is 1.82. The summed E-state index contributed by atoms with van der Waals surface area (Å²) in [5, 5.41) is 0. The van der Waals surface area contributed by atoms with E-state index in [-0.39, 0.29) is 48.2 Å². The van der Waals surface area contributed by atoms with Crippen molar-refractivity contribution in [2.75, 3.05) is 26.2 Å². The Labute approximate surface area is 213 Å². The number of hydrogen-bond acceptors (Lipinski definition) is 4. The Morgan fingerprint density at radius 3 is 2.31 bits per heavy atom. The standard InChI is InChI=1S/C27H36FN3O4S/c1-3-9-26(32)29-17-14-24(15-18-29)31(20-22-10-8-11-23(28)19-22)27(33)21-30(16-4-2)36(34,35)25-12-6-5-7-13-25/h5-8,10-13,19,24H,3-4,9,14-18,20-21H2,1-2H3. The molecule has 36 heavy (non-hydrogen) atoms. The fourth-order valence-corrected chi connectivity index (χ4v) is 6.07. The summed E-state index contributed by atoms with van der Waals surface area (Å²) in [6, 6.07) is 14.0. The summed E-state index contributed by atoms with van der Waals surface area (Å²) in [5.74, 6) is -0.605. The minimum Gasteiger partial charge on any atom is -0.343 e. The normalized spacial score (nSPS) is 14.7. The van der Waals surface area contributed by atoms with Gasteiger partial charge in [-0.15, -0.1) is 0 Å². The van der Waals surface area contributed by atoms with Gasteiger partial charge in [-0.25, -0.2) is 12.8 Å². The van der Waals surface area contributed by atoms with Crippen LogP contribution in [0.2, 0.25) is 0 Å². The Bertz CT molecular complexity index is 1120. The molecule has 0 bridgehead atoms. The molecule has 9 heteroatoms. The van der Waals surface area contributed by atoms with Crippen LogP contribution in [0.3, 0.4) is 0 Å². The van der Waals surface area contributed by atoms with E-state index in [0.29, 0.717) is 44.3 Å². The number of carbonyl (C=O) groups excluding carboxylic acids is 2. The van der Waals surface area contributed by atoms with Crippen LogP contribution in [0.15, 0.2) is 59.5 Å². The minimum atomic E-state index is -3.86. The van der Waals surface area contributed by atoms with Gasteiger partial charge in [-0.3, -0.25) is 9.59 Å². The number of piperidine rings is 1. The van der Waals surface area contributed by atoms with Crippen molar-refractivity contribution in [3.63, 3.8) is 0 Å². The van der Waals surface area contributed by atoms with Crippen LogP contribution in [0.5, 0.6) is 0 Å². The number of rotatable bonds is 11. The fourth-order valence-electron chi connectivity index (χ4n) is 4.57. The highest BCUT2D eigenvalue weighted by atomic mass is 32.2. The molecular formula is C27H36FN3O4S. The molecule has 1 heterocycles. The van der Waals surface area contributed by atoms with Gasteiger partial charge in [-0.2, -0.15) is 4.31 Å². The lowest BCUT2D eigenvalue weighted by molar-refractivity contribution is -0.137. The van der Waals surface area contributed by atoms with Gasteiger partial charge < -0.3 is 9.80 Å². The highest BCUT2D eigenvalue weighted by molar-refractivity contribution is 7.89. The van der Waals surface area contributed by atoms with Gasteiger partial charge >= 0.3 is 0 Å². The van der Waals surface area contributed by atoms with Gasteiger partial charge in [0.25, 0.3) is 0 Å². The molecule has 1 aliphatic rings. The van der Waals surface area contributed by atoms with Crippen molar-refractivity contribution in [2.24, 2.45) is 0 Å². The van der Waals surface area contributed by atoms with Crippen LogP contribution in [0, 0.1) is 5.82 Å². The molecule has 0 atom stereocenters. The molecule has 0 aliphatic carbocycles. The lowest BCUT2D eigenvalue weighted by Crippen LogP contribution is -2.51. The maximum Gasteiger partial charge on any atom is 0.243 e. The first-order valence-electron chi connectivity index (χ1n) is 12.6. The lowest BCUT2D eigenvalue weighted by atomic mass is 10.0. The van der Waals surface area contributed by atoms with Gasteiger partial charge in [0.15, 0.2) is 0 Å². The van der Waals surface area contributed by atoms with Gasteiger partial charge in [-0.1, -0.05) is 44.2 Å². The number of carbonyl (C=O) groups is 2. The first-order valence-corrected chi connectivity index (χ1v) is 14.1. The molecule has 1 saturated heterocycles. The molecule has 0 unspecified atom stereocenters. The van der Waals surface area contributed by atoms with Crippen molar-refractivity contribution >= 4 is 21.8 Å². The number of sulfonamides is 1. The third-order valence-corrected chi connectivity index (χ3v) is 8.31. The minimum absolute atomic E-state index is 0.113. The summed E-state index contributed by atoms with van der Waals surface area (Å²) in [6.07, 6.45) is 3.03. The van der Waals surface area contributed by atoms with E-state index in [2.05, 4.69) is 0 Å². The van der Waals surface area contributed by atoms with Gasteiger partial charge in [-0.05, 0) is 55.5 Å². The van der Waals surface area contributed by atoms with Crippen molar-refractivity contribution in [3.05, 3.63) is 66.0 Å². The Kier molecular flexibility index (Phi) is 10.0. The molecule has 2 aromatic carbocycles. The molecule has 196 valence electrons. The van der Waals surface area contributed by atoms with Gasteiger partial charge in [0, 0.05) is 38.6 Å². The monoisotopic (exact) mass is 517 g/mol. The number of hydrogen-bond donors (Lipinski definition) is 0. The highest BCUT2D eigenvalue weighted by Crippen LogP contribution is 2.22. The Morgan fingerprint density at radius 1 is 1.00 bits per heavy atom. The van der Waals surface area contributed by atoms with Crippen LogP contribution in [-0.4, -0.2) is 66.6 Å². The molecular weight excluding hydrogens is 481 g/mol. The average Bonchev–Trinajstić information content (AvgIpc) is 2.88. The van der Waals surface area contributed by atoms with E-state index in [1.165, 1.54) is 28.6 Å². The van der Waals surface area contributed by atoms with Crippen LogP contribution in [0.1, 0.15) is 51.5 Å². The first-order chi connectivity index (χ1) is 17.3. The van der Waals surface area contributed by atoms with Gasteiger partial charge in [0.2, 0.25) is 21.8 Å². The molecule has 1 aliphatic heterocycles. The molecule has 0 saturated carbocycles. The summed E-state index contributed by atoms with van der Waals surface area (Å²) in [6.45, 7) is 5.00. The van der Waals surface area contributed by atoms with E-state index in [1.54, 1.807) is 35.2 Å². The molecule has 0 N–H and O–H groups in total. The van der Waals surface area contributed by atoms with E-state index in [0.717, 1.165) is 6.42 Å². The van der Waals surface area contributed by atoms with Crippen molar-refractivity contribution < 1.29 is 22.4 Å². The van der Waals surface area contributed by atoms with Crippen molar-refractivity contribution in [1.82, 2.24) is 14.1 Å². The van der Waals surface area contributed by atoms with Crippen molar-refractivity contribution in [2.45, 2.75) is 63.4 Å². The van der Waals surface area contributed by atoms with E-state index in [1.807, 2.05) is 18.7 Å². The molecule has 0 aromatic heterocycles. The summed E-state index contributed by atoms with van der Waals surface area (Å²) in [5.41, 5.74) is 0.640. The zero-order chi connectivity index (χ0) is 26.1. The number of likely N-dealkylation sites (tertiary alicyclic amines) is 1. The van der Waals surface area contributed by atoms with E-state index in [4.69, 9.17) is 0 Å². The number of amides is 2. The van der Waals surface area contributed by atoms with Crippen molar-refractivity contribution in [1.29, 1.82) is 0 Å². The van der Waals surface area contributed by atoms with Crippen LogP contribution >= 0.6 is 0 Å². The maximum absolute atomic E-state index is 13.9. The van der Waals surface area contributed by atoms with E-state index >= 15 is 0 Å². The average molecular weight is 518 g/mol. The molecule has 1 fully saturated rings. The molecule has 2 amide bonds. The van der Waals surface area contributed by atoms with Crippen LogP contribution in [-0.2, 0) is 26.2 Å². The summed E-state index contributed by atoms with van der Waals surface area (Å²) < 4.78 is 41.7. The number of halogens is 1. The molecule has 2 aromatic rings. The quantitative estimate of drug-likeness (QED) is 0.451. The molecule has 0 radical (unpaired) electrons. The van der Waals surface area contributed by atoms with Gasteiger partial charge in [0.1, 0.15) is 5.82 Å². The Hall–Kier alpha value is -2.78. The largest absolute Gasteiger partial charge is 0.343 e. The fraction of sp³-hybridized carbons (Fsp3) is 0.481. The van der Waals surface area contributed by atoms with Crippen LogP contribution in [0.4, 0.5) is 4.39 Å². The molecule has 0 spiro atoms. The second kappa shape index (κ2) is 13.0. The lowest BCUT2D eigenvalue weighted by Gasteiger charge is -2.39. The van der Waals surface area contributed by atoms with Crippen LogP contribution in [0.25, 0.3) is 0 Å². The van der Waals surface area contributed by atoms with Crippen LogP contribution < -0.4 is 0 Å². The maximum atomic E-state index is 13.9. The Morgan fingerprint density at radius 2 is 1.69 bits per heavy atom. The number of benzene rings is 2. The first kappa shape index (κ1) is 27.8. The third-order valence-electron chi connectivity index (χ3n) is 6.45. The molecule has 3 rings (SSSR count). The predicted octanol–water partition coefficient (Wildman–Crippen LogP) is 4.05. The zero-order valence-corrected chi connectivity index (χ0v) is 21.9. The topological polar surface area (TPSA) is 78.0 Å². The smallest absolute Gasteiger partial charge is 0.243 e. The summed E-state index contributed by atoms with van der Waals surface area (Å²) in [4.78, 5) is 29.6. The second-order valence-electron chi connectivity index (χ2n) is 9.17. The van der Waals surface area contributed by atoms with Gasteiger partial charge in [0.05, 0.1) is 11.4 Å². The predicted molar refractivity (Wildman–Crippen MR) is 137 cm³/mol. The SMILES string of the molecule is CCCC(=O)N1CCC(N(Cc2cccc(F)c2)C(=O)CN(CCC)S(=O)(=O)c2ccccc2)CC1. The second-order valence-corrected chi connectivity index (χ2v) is 11.1. The van der Waals surface area contributed by atoms with E-state index < -0.39 is 10.0 Å². The number of nitrogens with zero attached hydrogens (tertiary/aromatic N) is 3. The van der Waals surface area contributed by atoms with E-state index in [9.17, 15) is 22.4 Å². The summed E-state index contributed by atoms with van der Waals surface area (Å²) in [7, 11) is -3.86. The highest BCUT2D eigenvalue weighted by Gasteiger charge is 2.33. The summed E-state index contributed by atoms with van der Waals surface area (Å²) >= 11 is 0. The molecule has 7 nitrogen and oxygen atoms in total. The zero-order valence-electron chi connectivity index (χ0n) is 21.1. The van der Waals surface area contributed by atoms with Crippen molar-refractivity contribution in [3.8, 4) is 0 Å².